The lowest BCUT2D eigenvalue weighted by atomic mass is 10.1. The molecule has 0 spiro atoms. The molecule has 0 atom stereocenters. The molecule has 0 bridgehead atoms. The standard InChI is InChI=1S/C12H14FNO4S/c1-18-4-5-19-7-11(15)14-10-3-2-8(13)6-9(10)12(16)17/h2-3,6H,4-5,7H2,1H3,(H,14,15)(H,16,17). The summed E-state index contributed by atoms with van der Waals surface area (Å²) in [6, 6.07) is 3.20. The Morgan fingerprint density at radius 3 is 2.84 bits per heavy atom. The molecule has 0 saturated heterocycles. The largest absolute Gasteiger partial charge is 0.478 e. The predicted octanol–water partition coefficient (Wildman–Crippen LogP) is 1.84. The van der Waals surface area contributed by atoms with E-state index in [0.717, 1.165) is 12.1 Å². The summed E-state index contributed by atoms with van der Waals surface area (Å²) < 4.78 is 17.8. The van der Waals surface area contributed by atoms with Crippen molar-refractivity contribution in [1.82, 2.24) is 0 Å². The summed E-state index contributed by atoms with van der Waals surface area (Å²) >= 11 is 1.36. The molecule has 5 nitrogen and oxygen atoms in total. The van der Waals surface area contributed by atoms with Crippen LogP contribution in [-0.2, 0) is 9.53 Å². The van der Waals surface area contributed by atoms with Crippen LogP contribution < -0.4 is 5.32 Å². The Bertz CT molecular complexity index is 467. The number of ether oxygens (including phenoxy) is 1. The van der Waals surface area contributed by atoms with Crippen molar-refractivity contribution in [3.8, 4) is 0 Å². The van der Waals surface area contributed by atoms with Crippen molar-refractivity contribution in [3.05, 3.63) is 29.6 Å². The van der Waals surface area contributed by atoms with Gasteiger partial charge in [-0.05, 0) is 18.2 Å². The fraction of sp³-hybridized carbons (Fsp3) is 0.333. The zero-order valence-electron chi connectivity index (χ0n) is 10.3. The molecule has 1 amide bonds. The van der Waals surface area contributed by atoms with Crippen molar-refractivity contribution < 1.29 is 23.8 Å². The first-order valence-corrected chi connectivity index (χ1v) is 6.59. The van der Waals surface area contributed by atoms with Crippen LogP contribution in [-0.4, -0.2) is 42.2 Å². The smallest absolute Gasteiger partial charge is 0.337 e. The van der Waals surface area contributed by atoms with Crippen LogP contribution in [0.15, 0.2) is 18.2 Å². The topological polar surface area (TPSA) is 75.6 Å². The van der Waals surface area contributed by atoms with Crippen molar-refractivity contribution in [1.29, 1.82) is 0 Å². The molecule has 1 aromatic carbocycles. The van der Waals surface area contributed by atoms with Crippen LogP contribution in [0.3, 0.4) is 0 Å². The van der Waals surface area contributed by atoms with Gasteiger partial charge in [-0.1, -0.05) is 0 Å². The number of anilines is 1. The van der Waals surface area contributed by atoms with E-state index in [-0.39, 0.29) is 22.9 Å². The number of carbonyl (C=O) groups is 2. The van der Waals surface area contributed by atoms with Crippen LogP contribution >= 0.6 is 11.8 Å². The highest BCUT2D eigenvalue weighted by molar-refractivity contribution is 7.99. The predicted molar refractivity (Wildman–Crippen MR) is 71.2 cm³/mol. The van der Waals surface area contributed by atoms with Crippen LogP contribution in [0.5, 0.6) is 0 Å². The third-order valence-electron chi connectivity index (χ3n) is 2.15. The summed E-state index contributed by atoms with van der Waals surface area (Å²) in [5, 5.41) is 11.4. The lowest BCUT2D eigenvalue weighted by molar-refractivity contribution is -0.113. The Morgan fingerprint density at radius 1 is 1.47 bits per heavy atom. The minimum atomic E-state index is -1.29. The second kappa shape index (κ2) is 7.75. The summed E-state index contributed by atoms with van der Waals surface area (Å²) in [6.45, 7) is 0.537. The molecule has 0 aliphatic carbocycles. The van der Waals surface area contributed by atoms with E-state index in [4.69, 9.17) is 9.84 Å². The molecule has 0 unspecified atom stereocenters. The average Bonchev–Trinajstić information content (AvgIpc) is 2.36. The Kier molecular flexibility index (Phi) is 6.31. The number of hydrogen-bond acceptors (Lipinski definition) is 4. The van der Waals surface area contributed by atoms with E-state index < -0.39 is 11.8 Å². The van der Waals surface area contributed by atoms with Gasteiger partial charge >= 0.3 is 5.97 Å². The summed E-state index contributed by atoms with van der Waals surface area (Å²) in [5.74, 6) is -1.44. The average molecular weight is 287 g/mol. The number of carbonyl (C=O) groups excluding carboxylic acids is 1. The SMILES string of the molecule is COCCSCC(=O)Nc1ccc(F)cc1C(=O)O. The van der Waals surface area contributed by atoms with E-state index in [1.165, 1.54) is 17.8 Å². The molecular weight excluding hydrogens is 273 g/mol. The molecule has 104 valence electrons. The number of halogens is 1. The molecule has 19 heavy (non-hydrogen) atoms. The fourth-order valence-electron chi connectivity index (χ4n) is 1.30. The number of amides is 1. The van der Waals surface area contributed by atoms with Gasteiger partial charge in [0.2, 0.25) is 5.91 Å². The molecule has 0 radical (unpaired) electrons. The van der Waals surface area contributed by atoms with Crippen molar-refractivity contribution in [2.24, 2.45) is 0 Å². The number of thioether (sulfide) groups is 1. The number of aromatic carboxylic acids is 1. The molecule has 0 heterocycles. The molecule has 7 heteroatoms. The minimum Gasteiger partial charge on any atom is -0.478 e. The number of methoxy groups -OCH3 is 1. The first-order valence-electron chi connectivity index (χ1n) is 5.44. The van der Waals surface area contributed by atoms with E-state index in [1.54, 1.807) is 7.11 Å². The normalized spacial score (nSPS) is 10.2. The van der Waals surface area contributed by atoms with Gasteiger partial charge in [0.05, 0.1) is 23.6 Å². The highest BCUT2D eigenvalue weighted by Crippen LogP contribution is 2.17. The number of hydrogen-bond donors (Lipinski definition) is 2. The van der Waals surface area contributed by atoms with E-state index in [2.05, 4.69) is 5.32 Å². The van der Waals surface area contributed by atoms with Gasteiger partial charge in [0, 0.05) is 12.9 Å². The molecule has 0 aliphatic heterocycles. The molecule has 0 saturated carbocycles. The number of nitrogens with one attached hydrogen (secondary N) is 1. The van der Waals surface area contributed by atoms with Gasteiger partial charge in [0.1, 0.15) is 5.82 Å². The maximum Gasteiger partial charge on any atom is 0.337 e. The summed E-state index contributed by atoms with van der Waals surface area (Å²) in [6.07, 6.45) is 0. The van der Waals surface area contributed by atoms with Gasteiger partial charge in [-0.2, -0.15) is 0 Å². The Balaban J connectivity index is 2.61. The maximum absolute atomic E-state index is 12.9. The molecule has 2 N–H and O–H groups in total. The van der Waals surface area contributed by atoms with Crippen molar-refractivity contribution in [2.75, 3.05) is 30.5 Å². The van der Waals surface area contributed by atoms with Gasteiger partial charge in [0.25, 0.3) is 0 Å². The van der Waals surface area contributed by atoms with Crippen molar-refractivity contribution in [3.63, 3.8) is 0 Å². The second-order valence-corrected chi connectivity index (χ2v) is 4.69. The van der Waals surface area contributed by atoms with E-state index in [9.17, 15) is 14.0 Å². The summed E-state index contributed by atoms with van der Waals surface area (Å²) in [4.78, 5) is 22.5. The summed E-state index contributed by atoms with van der Waals surface area (Å²) in [7, 11) is 1.57. The molecule has 1 rings (SSSR count). The van der Waals surface area contributed by atoms with E-state index >= 15 is 0 Å². The van der Waals surface area contributed by atoms with Crippen LogP contribution in [0.1, 0.15) is 10.4 Å². The Labute approximate surface area is 114 Å². The first-order chi connectivity index (χ1) is 9.04. The zero-order chi connectivity index (χ0) is 14.3. The van der Waals surface area contributed by atoms with Gasteiger partial charge < -0.3 is 15.2 Å². The van der Waals surface area contributed by atoms with Crippen molar-refractivity contribution in [2.45, 2.75) is 0 Å². The quantitative estimate of drug-likeness (QED) is 0.748. The Hall–Kier alpha value is -1.60. The number of carboxylic acid groups (broad SMARTS) is 1. The van der Waals surface area contributed by atoms with Gasteiger partial charge in [-0.25, -0.2) is 9.18 Å². The summed E-state index contributed by atoms with van der Waals surface area (Å²) in [5.41, 5.74) is -0.179. The van der Waals surface area contributed by atoms with E-state index in [0.29, 0.717) is 12.4 Å². The molecule has 1 aromatic rings. The molecule has 0 aliphatic rings. The number of benzene rings is 1. The van der Waals surface area contributed by atoms with E-state index in [1.807, 2.05) is 0 Å². The zero-order valence-corrected chi connectivity index (χ0v) is 11.1. The van der Waals surface area contributed by atoms with Crippen LogP contribution in [0.4, 0.5) is 10.1 Å². The van der Waals surface area contributed by atoms with Crippen LogP contribution in [0.25, 0.3) is 0 Å². The molecule has 0 fully saturated rings. The maximum atomic E-state index is 12.9. The first kappa shape index (κ1) is 15.5. The highest BCUT2D eigenvalue weighted by Gasteiger charge is 2.13. The third-order valence-corrected chi connectivity index (χ3v) is 3.07. The number of rotatable bonds is 7. The lowest BCUT2D eigenvalue weighted by Gasteiger charge is -2.08. The van der Waals surface area contributed by atoms with Crippen molar-refractivity contribution >= 4 is 29.3 Å². The van der Waals surface area contributed by atoms with Gasteiger partial charge in [-0.3, -0.25) is 4.79 Å². The monoisotopic (exact) mass is 287 g/mol. The van der Waals surface area contributed by atoms with Gasteiger partial charge in [-0.15, -0.1) is 11.8 Å². The minimum absolute atomic E-state index is 0.0891. The van der Waals surface area contributed by atoms with Crippen LogP contribution in [0.2, 0.25) is 0 Å². The molecule has 0 aromatic heterocycles. The highest BCUT2D eigenvalue weighted by atomic mass is 32.2. The van der Waals surface area contributed by atoms with Gasteiger partial charge in [0.15, 0.2) is 0 Å². The third kappa shape index (κ3) is 5.27. The number of carboxylic acids is 1. The lowest BCUT2D eigenvalue weighted by Crippen LogP contribution is -2.17. The molecular formula is C12H14FNO4S. The second-order valence-electron chi connectivity index (χ2n) is 3.59. The Morgan fingerprint density at radius 2 is 2.21 bits per heavy atom. The van der Waals surface area contributed by atoms with Crippen LogP contribution in [0, 0.1) is 5.82 Å². The fourth-order valence-corrected chi connectivity index (χ4v) is 1.98.